The van der Waals surface area contributed by atoms with Gasteiger partial charge < -0.3 is 10.2 Å². The van der Waals surface area contributed by atoms with E-state index in [0.717, 1.165) is 66.5 Å². The number of hydrogen-bond donors (Lipinski definition) is 1. The third-order valence-corrected chi connectivity index (χ3v) is 6.82. The lowest BCUT2D eigenvalue weighted by Gasteiger charge is -2.36. The van der Waals surface area contributed by atoms with Crippen LogP contribution in [0, 0.1) is 19.7 Å². The molecule has 0 atom stereocenters. The Bertz CT molecular complexity index is 1370. The average molecular weight is 485 g/mol. The summed E-state index contributed by atoms with van der Waals surface area (Å²) in [5.41, 5.74) is 4.10. The zero-order chi connectivity index (χ0) is 24.6. The van der Waals surface area contributed by atoms with Crippen molar-refractivity contribution in [3.63, 3.8) is 0 Å². The summed E-state index contributed by atoms with van der Waals surface area (Å²) < 4.78 is 16.4. The van der Waals surface area contributed by atoms with Crippen molar-refractivity contribution in [2.45, 2.75) is 32.7 Å². The third kappa shape index (κ3) is 4.79. The van der Waals surface area contributed by atoms with Gasteiger partial charge in [0.2, 0.25) is 5.95 Å². The molecule has 8 nitrogen and oxygen atoms in total. The quantitative estimate of drug-likeness (QED) is 0.432. The van der Waals surface area contributed by atoms with Gasteiger partial charge in [0.25, 0.3) is 0 Å². The normalized spacial score (nSPS) is 16.4. The largest absolute Gasteiger partial charge is 0.369 e. The number of anilines is 3. The standard InChI is InChI=1S/C27H29FN8/c1-18-30-19(2)36(33-18)24-5-3-22(4-6-24)31-27-29-10-9-26(32-27)20-15-21(28)17-25(16-20)35-13-11-34(12-14-35)23-7-8-23/h3-6,9-10,15-17,23H,7-8,11-14H2,1-2H3,(H,29,31,32). The molecular formula is C27H29FN8. The molecule has 2 aromatic carbocycles. The summed E-state index contributed by atoms with van der Waals surface area (Å²) in [5.74, 6) is 1.77. The molecule has 1 saturated carbocycles. The van der Waals surface area contributed by atoms with Gasteiger partial charge in [-0.05, 0) is 75.2 Å². The number of aryl methyl sites for hydroxylation is 2. The van der Waals surface area contributed by atoms with Crippen LogP contribution in [0.2, 0.25) is 0 Å². The zero-order valence-electron chi connectivity index (χ0n) is 20.5. The Hall–Kier alpha value is -3.85. The number of nitrogens with one attached hydrogen (secondary N) is 1. The Morgan fingerprint density at radius 1 is 0.889 bits per heavy atom. The minimum atomic E-state index is -0.255. The summed E-state index contributed by atoms with van der Waals surface area (Å²) in [6.07, 6.45) is 4.33. The smallest absolute Gasteiger partial charge is 0.227 e. The highest BCUT2D eigenvalue weighted by atomic mass is 19.1. The maximum absolute atomic E-state index is 14.6. The maximum atomic E-state index is 14.6. The molecule has 0 bridgehead atoms. The average Bonchev–Trinajstić information content (AvgIpc) is 3.68. The van der Waals surface area contributed by atoms with E-state index in [1.165, 1.54) is 18.9 Å². The van der Waals surface area contributed by atoms with Gasteiger partial charge in [-0.15, -0.1) is 0 Å². The molecule has 184 valence electrons. The minimum absolute atomic E-state index is 0.255. The molecule has 6 rings (SSSR count). The fourth-order valence-corrected chi connectivity index (χ4v) is 4.85. The fraction of sp³-hybridized carbons (Fsp3) is 0.333. The predicted molar refractivity (Wildman–Crippen MR) is 138 cm³/mol. The molecule has 3 heterocycles. The van der Waals surface area contributed by atoms with E-state index < -0.39 is 0 Å². The Kier molecular flexibility index (Phi) is 5.85. The second kappa shape index (κ2) is 9.31. The molecule has 0 spiro atoms. The monoisotopic (exact) mass is 484 g/mol. The van der Waals surface area contributed by atoms with Crippen LogP contribution in [0.15, 0.2) is 54.7 Å². The number of benzene rings is 2. The van der Waals surface area contributed by atoms with Gasteiger partial charge >= 0.3 is 0 Å². The van der Waals surface area contributed by atoms with E-state index in [2.05, 4.69) is 35.2 Å². The van der Waals surface area contributed by atoms with Crippen molar-refractivity contribution in [2.75, 3.05) is 36.4 Å². The number of piperazine rings is 1. The highest BCUT2D eigenvalue weighted by molar-refractivity contribution is 5.67. The molecule has 4 aromatic rings. The number of rotatable bonds is 6. The first-order valence-electron chi connectivity index (χ1n) is 12.4. The molecule has 2 aliphatic rings. The molecule has 1 saturated heterocycles. The maximum Gasteiger partial charge on any atom is 0.227 e. The topological polar surface area (TPSA) is 75.0 Å². The van der Waals surface area contributed by atoms with Crippen LogP contribution in [0.1, 0.15) is 24.5 Å². The second-order valence-electron chi connectivity index (χ2n) is 9.51. The number of aromatic nitrogens is 5. The van der Waals surface area contributed by atoms with E-state index in [1.54, 1.807) is 12.3 Å². The molecule has 2 aromatic heterocycles. The molecule has 0 radical (unpaired) electrons. The molecule has 0 unspecified atom stereocenters. The predicted octanol–water partition coefficient (Wildman–Crippen LogP) is 4.51. The molecule has 9 heteroatoms. The Morgan fingerprint density at radius 2 is 1.67 bits per heavy atom. The SMILES string of the molecule is Cc1nc(C)n(-c2ccc(Nc3nccc(-c4cc(F)cc(N5CCN(C6CC6)CC5)c4)n3)cc2)n1. The minimum Gasteiger partial charge on any atom is -0.369 e. The van der Waals surface area contributed by atoms with Crippen LogP contribution < -0.4 is 10.2 Å². The van der Waals surface area contributed by atoms with Gasteiger partial charge in [-0.1, -0.05) is 0 Å². The van der Waals surface area contributed by atoms with Crippen LogP contribution >= 0.6 is 0 Å². The second-order valence-corrected chi connectivity index (χ2v) is 9.51. The number of nitrogens with zero attached hydrogens (tertiary/aromatic N) is 7. The molecular weight excluding hydrogens is 455 g/mol. The Balaban J connectivity index is 1.18. The van der Waals surface area contributed by atoms with E-state index in [9.17, 15) is 4.39 Å². The van der Waals surface area contributed by atoms with Crippen molar-refractivity contribution in [1.29, 1.82) is 0 Å². The van der Waals surface area contributed by atoms with Crippen molar-refractivity contribution in [1.82, 2.24) is 29.6 Å². The first-order chi connectivity index (χ1) is 17.5. The van der Waals surface area contributed by atoms with Crippen LogP contribution in [-0.2, 0) is 0 Å². The van der Waals surface area contributed by atoms with Crippen LogP contribution in [0.25, 0.3) is 16.9 Å². The van der Waals surface area contributed by atoms with Gasteiger partial charge in [0, 0.05) is 55.4 Å². The van der Waals surface area contributed by atoms with Crippen LogP contribution in [0.5, 0.6) is 0 Å². The molecule has 2 fully saturated rings. The molecule has 36 heavy (non-hydrogen) atoms. The van der Waals surface area contributed by atoms with Crippen LogP contribution in [0.3, 0.4) is 0 Å². The lowest BCUT2D eigenvalue weighted by Crippen LogP contribution is -2.47. The van der Waals surface area contributed by atoms with Crippen LogP contribution in [-0.4, -0.2) is 61.9 Å². The Morgan fingerprint density at radius 3 is 2.36 bits per heavy atom. The van der Waals surface area contributed by atoms with E-state index >= 15 is 0 Å². The van der Waals surface area contributed by atoms with E-state index in [1.807, 2.05) is 54.9 Å². The van der Waals surface area contributed by atoms with Crippen molar-refractivity contribution in [3.8, 4) is 16.9 Å². The lowest BCUT2D eigenvalue weighted by molar-refractivity contribution is 0.248. The number of hydrogen-bond acceptors (Lipinski definition) is 7. The van der Waals surface area contributed by atoms with E-state index in [-0.39, 0.29) is 5.82 Å². The van der Waals surface area contributed by atoms with E-state index in [4.69, 9.17) is 0 Å². The summed E-state index contributed by atoms with van der Waals surface area (Å²) in [4.78, 5) is 18.2. The summed E-state index contributed by atoms with van der Waals surface area (Å²) in [6.45, 7) is 7.71. The van der Waals surface area contributed by atoms with Crippen molar-refractivity contribution >= 4 is 17.3 Å². The number of halogens is 1. The van der Waals surface area contributed by atoms with Gasteiger partial charge in [0.15, 0.2) is 0 Å². The van der Waals surface area contributed by atoms with Gasteiger partial charge in [-0.25, -0.2) is 24.0 Å². The third-order valence-electron chi connectivity index (χ3n) is 6.82. The fourth-order valence-electron chi connectivity index (χ4n) is 4.85. The van der Waals surface area contributed by atoms with Crippen molar-refractivity contribution in [2.24, 2.45) is 0 Å². The molecule has 1 aliphatic heterocycles. The van der Waals surface area contributed by atoms with Crippen LogP contribution in [0.4, 0.5) is 21.7 Å². The van der Waals surface area contributed by atoms with Crippen molar-refractivity contribution in [3.05, 3.63) is 72.2 Å². The summed E-state index contributed by atoms with van der Waals surface area (Å²) >= 11 is 0. The summed E-state index contributed by atoms with van der Waals surface area (Å²) in [7, 11) is 0. The molecule has 1 N–H and O–H groups in total. The summed E-state index contributed by atoms with van der Waals surface area (Å²) in [6, 6.07) is 15.6. The zero-order valence-corrected chi connectivity index (χ0v) is 20.5. The van der Waals surface area contributed by atoms with Gasteiger partial charge in [0.1, 0.15) is 17.5 Å². The first kappa shape index (κ1) is 22.6. The highest BCUT2D eigenvalue weighted by Gasteiger charge is 2.31. The highest BCUT2D eigenvalue weighted by Crippen LogP contribution is 2.30. The van der Waals surface area contributed by atoms with E-state index in [0.29, 0.717) is 11.6 Å². The molecule has 1 aliphatic carbocycles. The van der Waals surface area contributed by atoms with Gasteiger partial charge in [-0.2, -0.15) is 5.10 Å². The summed E-state index contributed by atoms with van der Waals surface area (Å²) in [5, 5.41) is 7.67. The first-order valence-corrected chi connectivity index (χ1v) is 12.4. The lowest BCUT2D eigenvalue weighted by atomic mass is 10.1. The Labute approximate surface area is 209 Å². The van der Waals surface area contributed by atoms with Gasteiger partial charge in [0.05, 0.1) is 11.4 Å². The molecule has 0 amide bonds. The van der Waals surface area contributed by atoms with Gasteiger partial charge in [-0.3, -0.25) is 4.90 Å². The van der Waals surface area contributed by atoms with Crippen molar-refractivity contribution < 1.29 is 4.39 Å².